The second-order valence-electron chi connectivity index (χ2n) is 9.21. The zero-order valence-corrected chi connectivity index (χ0v) is 22.0. The van der Waals surface area contributed by atoms with Crippen LogP contribution in [-0.4, -0.2) is 58.8 Å². The number of hydrogen-bond donors (Lipinski definition) is 0. The van der Waals surface area contributed by atoms with Gasteiger partial charge in [-0.15, -0.1) is 0 Å². The fourth-order valence-electron chi connectivity index (χ4n) is 2.91. The quantitative estimate of drug-likeness (QED) is 0.169. The van der Waals surface area contributed by atoms with E-state index in [1.165, 1.54) is 24.3 Å². The largest absolute Gasteiger partial charge is 0.462 e. The third kappa shape index (κ3) is 5.90. The Morgan fingerprint density at radius 2 is 2.00 bits per heavy atom. The SMILES string of the molecule is COOC(=O)[C@H](CCCO[Si](C)(C)C(C)(C)C)Oc1ncnc2c1cnn2-c1ncccc1Cl. The molecule has 0 spiro atoms. The zero-order chi connectivity index (χ0) is 24.9. The van der Waals surface area contributed by atoms with Crippen molar-refractivity contribution in [1.29, 1.82) is 0 Å². The molecule has 3 aromatic rings. The van der Waals surface area contributed by atoms with E-state index in [2.05, 4.69) is 58.8 Å². The third-order valence-electron chi connectivity index (χ3n) is 5.83. The van der Waals surface area contributed by atoms with Gasteiger partial charge in [-0.05, 0) is 43.1 Å². The summed E-state index contributed by atoms with van der Waals surface area (Å²) in [6, 6.07) is 3.43. The molecule has 0 radical (unpaired) electrons. The van der Waals surface area contributed by atoms with Crippen LogP contribution < -0.4 is 4.74 Å². The maximum absolute atomic E-state index is 12.5. The third-order valence-corrected chi connectivity index (χ3v) is 10.7. The highest BCUT2D eigenvalue weighted by Crippen LogP contribution is 2.36. The molecule has 12 heteroatoms. The molecule has 34 heavy (non-hydrogen) atoms. The van der Waals surface area contributed by atoms with Gasteiger partial charge in [-0.3, -0.25) is 4.89 Å². The van der Waals surface area contributed by atoms with Crippen LogP contribution in [0.1, 0.15) is 33.6 Å². The number of rotatable bonds is 10. The Bertz CT molecular complexity index is 1130. The summed E-state index contributed by atoms with van der Waals surface area (Å²) in [6.07, 6.45) is 4.45. The molecule has 0 aromatic carbocycles. The van der Waals surface area contributed by atoms with Gasteiger partial charge in [0.2, 0.25) is 12.0 Å². The first kappa shape index (κ1) is 26.0. The minimum atomic E-state index is -1.89. The lowest BCUT2D eigenvalue weighted by atomic mass is 10.2. The number of fused-ring (bicyclic) bond motifs is 1. The van der Waals surface area contributed by atoms with Crippen molar-refractivity contribution >= 4 is 36.9 Å². The monoisotopic (exact) mass is 507 g/mol. The number of pyridine rings is 1. The average Bonchev–Trinajstić information content (AvgIpc) is 3.20. The van der Waals surface area contributed by atoms with Crippen molar-refractivity contribution in [3.63, 3.8) is 0 Å². The summed E-state index contributed by atoms with van der Waals surface area (Å²) in [5.74, 6) is -0.0599. The van der Waals surface area contributed by atoms with Crippen molar-refractivity contribution in [1.82, 2.24) is 24.7 Å². The lowest BCUT2D eigenvalue weighted by Crippen LogP contribution is -2.41. The Labute approximate surface area is 204 Å². The van der Waals surface area contributed by atoms with Gasteiger partial charge in [0, 0.05) is 12.8 Å². The molecule has 0 unspecified atom stereocenters. The van der Waals surface area contributed by atoms with Gasteiger partial charge in [0.05, 0.1) is 18.3 Å². The summed E-state index contributed by atoms with van der Waals surface area (Å²) in [6.45, 7) is 11.4. The lowest BCUT2D eigenvalue weighted by molar-refractivity contribution is -0.261. The smallest absolute Gasteiger partial charge is 0.382 e. The Morgan fingerprint density at radius 3 is 2.68 bits per heavy atom. The highest BCUT2D eigenvalue weighted by atomic mass is 35.5. The highest BCUT2D eigenvalue weighted by Gasteiger charge is 2.37. The number of carbonyl (C=O) groups excluding carboxylic acids is 1. The van der Waals surface area contributed by atoms with Crippen molar-refractivity contribution in [2.45, 2.75) is 57.8 Å². The molecule has 0 saturated heterocycles. The summed E-state index contributed by atoms with van der Waals surface area (Å²) < 4.78 is 13.7. The molecule has 0 fully saturated rings. The predicted molar refractivity (Wildman–Crippen MR) is 129 cm³/mol. The molecule has 1 atom stereocenters. The van der Waals surface area contributed by atoms with Crippen LogP contribution in [0.5, 0.6) is 5.88 Å². The van der Waals surface area contributed by atoms with E-state index >= 15 is 0 Å². The van der Waals surface area contributed by atoms with E-state index in [-0.39, 0.29) is 10.9 Å². The Hall–Kier alpha value is -2.60. The maximum Gasteiger partial charge on any atom is 0.382 e. The van der Waals surface area contributed by atoms with Crippen molar-refractivity contribution in [2.24, 2.45) is 0 Å². The van der Waals surface area contributed by atoms with Gasteiger partial charge in [0.15, 0.2) is 19.8 Å². The molecule has 3 rings (SSSR count). The first-order valence-corrected chi connectivity index (χ1v) is 14.2. The number of halogens is 1. The molecule has 0 aliphatic carbocycles. The summed E-state index contributed by atoms with van der Waals surface area (Å²) in [7, 11) is -0.631. The van der Waals surface area contributed by atoms with Crippen LogP contribution >= 0.6 is 11.6 Å². The van der Waals surface area contributed by atoms with E-state index < -0.39 is 20.4 Å². The maximum atomic E-state index is 12.5. The predicted octanol–water partition coefficient (Wildman–Crippen LogP) is 4.52. The van der Waals surface area contributed by atoms with E-state index in [0.29, 0.717) is 41.3 Å². The second kappa shape index (κ2) is 10.8. The van der Waals surface area contributed by atoms with E-state index in [9.17, 15) is 4.79 Å². The van der Waals surface area contributed by atoms with Crippen molar-refractivity contribution in [2.75, 3.05) is 13.7 Å². The van der Waals surface area contributed by atoms with Crippen molar-refractivity contribution < 1.29 is 23.7 Å². The summed E-state index contributed by atoms with van der Waals surface area (Å²) in [4.78, 5) is 34.6. The van der Waals surface area contributed by atoms with Gasteiger partial charge in [0.25, 0.3) is 0 Å². The molecule has 184 valence electrons. The van der Waals surface area contributed by atoms with Crippen LogP contribution in [0.25, 0.3) is 16.9 Å². The molecule has 0 bridgehead atoms. The number of ether oxygens (including phenoxy) is 1. The van der Waals surface area contributed by atoms with Crippen LogP contribution in [0.15, 0.2) is 30.9 Å². The van der Waals surface area contributed by atoms with Gasteiger partial charge < -0.3 is 9.16 Å². The molecular weight excluding hydrogens is 478 g/mol. The molecule has 10 nitrogen and oxygen atoms in total. The zero-order valence-electron chi connectivity index (χ0n) is 20.2. The van der Waals surface area contributed by atoms with E-state index in [0.717, 1.165) is 0 Å². The van der Waals surface area contributed by atoms with Crippen LogP contribution in [0.2, 0.25) is 23.2 Å². The Morgan fingerprint density at radius 1 is 1.24 bits per heavy atom. The molecule has 0 amide bonds. The first-order valence-electron chi connectivity index (χ1n) is 10.9. The van der Waals surface area contributed by atoms with Gasteiger partial charge in [-0.25, -0.2) is 19.7 Å². The molecule has 0 aliphatic rings. The normalized spacial score (nSPS) is 13.1. The van der Waals surface area contributed by atoms with Crippen LogP contribution in [0, 0.1) is 0 Å². The topological polar surface area (TPSA) is 110 Å². The average molecular weight is 508 g/mol. The minimum absolute atomic E-state index is 0.0983. The summed E-state index contributed by atoms with van der Waals surface area (Å²) in [5, 5.41) is 5.34. The van der Waals surface area contributed by atoms with E-state index in [1.807, 2.05) is 0 Å². The fourth-order valence-corrected chi connectivity index (χ4v) is 4.20. The van der Waals surface area contributed by atoms with E-state index in [1.54, 1.807) is 18.3 Å². The number of hydrogen-bond acceptors (Lipinski definition) is 9. The van der Waals surface area contributed by atoms with Crippen LogP contribution in [-0.2, 0) is 19.0 Å². The Balaban J connectivity index is 1.78. The standard InChI is InChI=1S/C22H30ClN5O5Si/c1-22(2,3)34(5,6)31-12-8-10-17(21(29)33-30-4)32-20-15-13-27-28(18(15)25-14-26-20)19-16(23)9-7-11-24-19/h7,9,11,13-14,17H,8,10,12H2,1-6H3/t17-/m0/s1. The van der Waals surface area contributed by atoms with Crippen LogP contribution in [0.3, 0.4) is 0 Å². The van der Waals surface area contributed by atoms with Gasteiger partial charge in [0.1, 0.15) is 11.7 Å². The summed E-state index contributed by atoms with van der Waals surface area (Å²) in [5.41, 5.74) is 0.436. The molecule has 3 aromatic heterocycles. The van der Waals surface area contributed by atoms with Crippen LogP contribution in [0.4, 0.5) is 0 Å². The summed E-state index contributed by atoms with van der Waals surface area (Å²) >= 11 is 6.27. The number of aromatic nitrogens is 5. The molecule has 3 heterocycles. The Kier molecular flexibility index (Phi) is 8.24. The number of nitrogens with zero attached hydrogens (tertiary/aromatic N) is 5. The first-order chi connectivity index (χ1) is 16.0. The highest BCUT2D eigenvalue weighted by molar-refractivity contribution is 6.74. The van der Waals surface area contributed by atoms with Crippen molar-refractivity contribution in [3.05, 3.63) is 35.9 Å². The van der Waals surface area contributed by atoms with Gasteiger partial charge in [-0.1, -0.05) is 32.4 Å². The van der Waals surface area contributed by atoms with E-state index in [4.69, 9.17) is 25.7 Å². The van der Waals surface area contributed by atoms with Gasteiger partial charge in [-0.2, -0.15) is 14.7 Å². The van der Waals surface area contributed by atoms with Crippen molar-refractivity contribution in [3.8, 4) is 11.7 Å². The lowest BCUT2D eigenvalue weighted by Gasteiger charge is -2.36. The second-order valence-corrected chi connectivity index (χ2v) is 14.4. The molecule has 0 saturated carbocycles. The fraction of sp³-hybridized carbons (Fsp3) is 0.500. The molecule has 0 N–H and O–H groups in total. The molecular formula is C22H30ClN5O5Si. The minimum Gasteiger partial charge on any atom is -0.462 e. The van der Waals surface area contributed by atoms with Gasteiger partial charge >= 0.3 is 5.97 Å². The molecule has 0 aliphatic heterocycles. The number of carbonyl (C=O) groups is 1.